The van der Waals surface area contributed by atoms with Crippen molar-refractivity contribution in [2.24, 2.45) is 5.92 Å². The van der Waals surface area contributed by atoms with Gasteiger partial charge in [0.05, 0.1) is 11.5 Å². The molecular formula is C14H22N2O3. The van der Waals surface area contributed by atoms with Gasteiger partial charge in [-0.2, -0.15) is 0 Å². The Balaban J connectivity index is 2.85. The van der Waals surface area contributed by atoms with Gasteiger partial charge in [-0.3, -0.25) is 10.1 Å². The van der Waals surface area contributed by atoms with E-state index in [0.29, 0.717) is 30.9 Å². The maximum absolute atomic E-state index is 11.1. The highest BCUT2D eigenvalue weighted by atomic mass is 16.6. The molecular weight excluding hydrogens is 244 g/mol. The molecule has 0 aliphatic carbocycles. The zero-order valence-electron chi connectivity index (χ0n) is 12.0. The molecule has 0 heterocycles. The zero-order valence-corrected chi connectivity index (χ0v) is 12.0. The highest BCUT2D eigenvalue weighted by Crippen LogP contribution is 2.28. The molecule has 0 bridgehead atoms. The summed E-state index contributed by atoms with van der Waals surface area (Å²) in [6.07, 6.45) is 0. The van der Waals surface area contributed by atoms with Crippen LogP contribution in [0.2, 0.25) is 0 Å². The van der Waals surface area contributed by atoms with E-state index in [2.05, 4.69) is 5.32 Å². The lowest BCUT2D eigenvalue weighted by Gasteiger charge is -2.11. The summed E-state index contributed by atoms with van der Waals surface area (Å²) in [6, 6.07) is 5.46. The van der Waals surface area contributed by atoms with Crippen LogP contribution in [0.5, 0.6) is 5.75 Å². The second-order valence-corrected chi connectivity index (χ2v) is 5.30. The number of nitrogens with zero attached hydrogens (tertiary/aromatic N) is 1. The highest BCUT2D eigenvalue weighted by Gasteiger charge is 2.16. The Kier molecular flexibility index (Phi) is 5.76. The standard InChI is InChI=1S/C14H22N2O3/c1-10(2)9-19-14-6-5-12(8-15-11(3)4)7-13(14)16(17)18/h5-7,10-11,15H,8-9H2,1-4H3. The lowest BCUT2D eigenvalue weighted by Crippen LogP contribution is -2.21. The third-order valence-corrected chi connectivity index (χ3v) is 2.51. The smallest absolute Gasteiger partial charge is 0.311 e. The first kappa shape index (κ1) is 15.4. The van der Waals surface area contributed by atoms with E-state index < -0.39 is 4.92 Å². The molecule has 1 rings (SSSR count). The maximum atomic E-state index is 11.1. The van der Waals surface area contributed by atoms with Crippen molar-refractivity contribution in [2.45, 2.75) is 40.3 Å². The van der Waals surface area contributed by atoms with Crippen LogP contribution in [-0.4, -0.2) is 17.6 Å². The largest absolute Gasteiger partial charge is 0.487 e. The van der Waals surface area contributed by atoms with Crippen molar-refractivity contribution in [3.63, 3.8) is 0 Å². The minimum atomic E-state index is -0.394. The molecule has 0 radical (unpaired) electrons. The molecule has 0 aliphatic rings. The summed E-state index contributed by atoms with van der Waals surface area (Å²) >= 11 is 0. The summed E-state index contributed by atoms with van der Waals surface area (Å²) < 4.78 is 5.48. The average Bonchev–Trinajstić information content (AvgIpc) is 2.33. The fourth-order valence-electron chi connectivity index (χ4n) is 1.52. The summed E-state index contributed by atoms with van der Waals surface area (Å²) in [5.41, 5.74) is 0.918. The van der Waals surface area contributed by atoms with E-state index in [1.807, 2.05) is 33.8 Å². The van der Waals surface area contributed by atoms with Crippen molar-refractivity contribution < 1.29 is 9.66 Å². The molecule has 0 amide bonds. The van der Waals surface area contributed by atoms with E-state index in [-0.39, 0.29) is 5.69 Å². The Hall–Kier alpha value is -1.62. The first-order chi connectivity index (χ1) is 8.90. The fraction of sp³-hybridized carbons (Fsp3) is 0.571. The Morgan fingerprint density at radius 3 is 2.53 bits per heavy atom. The van der Waals surface area contributed by atoms with Crippen LogP contribution >= 0.6 is 0 Å². The minimum absolute atomic E-state index is 0.0312. The monoisotopic (exact) mass is 266 g/mol. The van der Waals surface area contributed by atoms with Gasteiger partial charge < -0.3 is 10.1 Å². The van der Waals surface area contributed by atoms with Gasteiger partial charge in [-0.25, -0.2) is 0 Å². The van der Waals surface area contributed by atoms with Crippen LogP contribution in [-0.2, 0) is 6.54 Å². The van der Waals surface area contributed by atoms with Crippen LogP contribution < -0.4 is 10.1 Å². The Morgan fingerprint density at radius 2 is 2.00 bits per heavy atom. The molecule has 0 spiro atoms. The molecule has 0 aliphatic heterocycles. The van der Waals surface area contributed by atoms with E-state index in [0.717, 1.165) is 5.56 Å². The van der Waals surface area contributed by atoms with Crippen LogP contribution in [0, 0.1) is 16.0 Å². The number of rotatable bonds is 7. The lowest BCUT2D eigenvalue weighted by atomic mass is 10.1. The highest BCUT2D eigenvalue weighted by molar-refractivity contribution is 5.48. The second kappa shape index (κ2) is 7.09. The van der Waals surface area contributed by atoms with Crippen molar-refractivity contribution in [3.05, 3.63) is 33.9 Å². The molecule has 106 valence electrons. The molecule has 0 aromatic heterocycles. The molecule has 1 aromatic rings. The predicted octanol–water partition coefficient (Wildman–Crippen LogP) is 3.13. The molecule has 0 saturated carbocycles. The van der Waals surface area contributed by atoms with E-state index in [1.54, 1.807) is 12.1 Å². The zero-order chi connectivity index (χ0) is 14.4. The van der Waals surface area contributed by atoms with Gasteiger partial charge in [-0.15, -0.1) is 0 Å². The predicted molar refractivity (Wildman–Crippen MR) is 75.4 cm³/mol. The normalized spacial score (nSPS) is 11.1. The number of hydrogen-bond acceptors (Lipinski definition) is 4. The van der Waals surface area contributed by atoms with Crippen LogP contribution in [0.4, 0.5) is 5.69 Å². The van der Waals surface area contributed by atoms with Gasteiger partial charge >= 0.3 is 5.69 Å². The van der Waals surface area contributed by atoms with Gasteiger partial charge in [-0.1, -0.05) is 33.8 Å². The molecule has 0 atom stereocenters. The number of nitro benzene ring substituents is 1. The van der Waals surface area contributed by atoms with Crippen molar-refractivity contribution in [1.29, 1.82) is 0 Å². The van der Waals surface area contributed by atoms with Crippen LogP contribution in [0.25, 0.3) is 0 Å². The molecule has 5 heteroatoms. The molecule has 5 nitrogen and oxygen atoms in total. The maximum Gasteiger partial charge on any atom is 0.311 e. The summed E-state index contributed by atoms with van der Waals surface area (Å²) in [4.78, 5) is 10.7. The lowest BCUT2D eigenvalue weighted by molar-refractivity contribution is -0.386. The van der Waals surface area contributed by atoms with Gasteiger partial charge in [0.25, 0.3) is 0 Å². The summed E-state index contributed by atoms with van der Waals surface area (Å²) in [7, 11) is 0. The Morgan fingerprint density at radius 1 is 1.32 bits per heavy atom. The number of nitro groups is 1. The molecule has 1 N–H and O–H groups in total. The van der Waals surface area contributed by atoms with E-state index in [9.17, 15) is 10.1 Å². The Labute approximate surface area is 114 Å². The third-order valence-electron chi connectivity index (χ3n) is 2.51. The average molecular weight is 266 g/mol. The molecule has 19 heavy (non-hydrogen) atoms. The van der Waals surface area contributed by atoms with Gasteiger partial charge in [0.2, 0.25) is 0 Å². The summed E-state index contributed by atoms with van der Waals surface area (Å²) in [5.74, 6) is 0.675. The van der Waals surface area contributed by atoms with Crippen LogP contribution in [0.15, 0.2) is 18.2 Å². The van der Waals surface area contributed by atoms with Crippen molar-refractivity contribution in [3.8, 4) is 5.75 Å². The molecule has 0 fully saturated rings. The van der Waals surface area contributed by atoms with Gasteiger partial charge in [0, 0.05) is 18.7 Å². The Bertz CT molecular complexity index is 431. The number of ether oxygens (including phenoxy) is 1. The van der Waals surface area contributed by atoms with Gasteiger partial charge in [-0.05, 0) is 17.5 Å². The minimum Gasteiger partial charge on any atom is -0.487 e. The van der Waals surface area contributed by atoms with Gasteiger partial charge in [0.15, 0.2) is 5.75 Å². The topological polar surface area (TPSA) is 64.4 Å². The van der Waals surface area contributed by atoms with Crippen LogP contribution in [0.1, 0.15) is 33.3 Å². The third kappa shape index (κ3) is 5.26. The van der Waals surface area contributed by atoms with Crippen molar-refractivity contribution in [2.75, 3.05) is 6.61 Å². The van der Waals surface area contributed by atoms with Crippen molar-refractivity contribution >= 4 is 5.69 Å². The first-order valence-corrected chi connectivity index (χ1v) is 6.53. The van der Waals surface area contributed by atoms with Crippen molar-refractivity contribution in [1.82, 2.24) is 5.32 Å². The second-order valence-electron chi connectivity index (χ2n) is 5.30. The van der Waals surface area contributed by atoms with Gasteiger partial charge in [0.1, 0.15) is 0 Å². The summed E-state index contributed by atoms with van der Waals surface area (Å²) in [6.45, 7) is 9.18. The van der Waals surface area contributed by atoms with E-state index in [4.69, 9.17) is 4.74 Å². The number of benzene rings is 1. The fourth-order valence-corrected chi connectivity index (χ4v) is 1.52. The van der Waals surface area contributed by atoms with E-state index >= 15 is 0 Å². The quantitative estimate of drug-likeness (QED) is 0.608. The SMILES string of the molecule is CC(C)COc1ccc(CNC(C)C)cc1[N+](=O)[O-]. The van der Waals surface area contributed by atoms with E-state index in [1.165, 1.54) is 0 Å². The molecule has 0 unspecified atom stereocenters. The summed E-state index contributed by atoms with van der Waals surface area (Å²) in [5, 5.41) is 14.3. The number of nitrogens with one attached hydrogen (secondary N) is 1. The molecule has 1 aromatic carbocycles. The van der Waals surface area contributed by atoms with Crippen LogP contribution in [0.3, 0.4) is 0 Å². The molecule has 0 saturated heterocycles. The first-order valence-electron chi connectivity index (χ1n) is 6.53. The number of hydrogen-bond donors (Lipinski definition) is 1.